The second kappa shape index (κ2) is 16.3. The molecule has 0 unspecified atom stereocenters. The molecule has 0 spiro atoms. The van der Waals surface area contributed by atoms with Crippen molar-refractivity contribution in [1.29, 1.82) is 0 Å². The monoisotopic (exact) mass is 564 g/mol. The third-order valence-corrected chi connectivity index (χ3v) is 8.82. The fourth-order valence-electron chi connectivity index (χ4n) is 3.44. The summed E-state index contributed by atoms with van der Waals surface area (Å²) >= 11 is 0. The molecule has 0 radical (unpaired) electrons. The molecule has 0 saturated carbocycles. The van der Waals surface area contributed by atoms with Crippen LogP contribution < -0.4 is 0 Å². The van der Waals surface area contributed by atoms with Gasteiger partial charge in [0.15, 0.2) is 31.2 Å². The number of benzene rings is 1. The van der Waals surface area contributed by atoms with Crippen LogP contribution in [0, 0.1) is 5.92 Å². The van der Waals surface area contributed by atoms with Gasteiger partial charge in [-0.2, -0.15) is 0 Å². The van der Waals surface area contributed by atoms with Crippen LogP contribution in [0.3, 0.4) is 0 Å². The molecule has 1 aromatic carbocycles. The van der Waals surface area contributed by atoms with Crippen molar-refractivity contribution in [3.63, 3.8) is 0 Å². The van der Waals surface area contributed by atoms with Crippen LogP contribution in [0.15, 0.2) is 24.3 Å². The zero-order valence-corrected chi connectivity index (χ0v) is 22.7. The van der Waals surface area contributed by atoms with E-state index >= 15 is 0 Å². The fraction of sp³-hybridized carbons (Fsp3) is 0.667. The van der Waals surface area contributed by atoms with Crippen LogP contribution in [-0.2, 0) is 43.4 Å². The molecule has 13 heteroatoms. The van der Waals surface area contributed by atoms with Crippen molar-refractivity contribution >= 4 is 31.2 Å². The summed E-state index contributed by atoms with van der Waals surface area (Å²) in [5.74, 6) is -4.16. The molecule has 1 aromatic rings. The van der Waals surface area contributed by atoms with Gasteiger partial charge in [-0.3, -0.25) is 9.59 Å². The lowest BCUT2D eigenvalue weighted by Crippen LogP contribution is -2.34. The largest absolute Gasteiger partial charge is 0.378 e. The zero-order valence-electron chi connectivity index (χ0n) is 21.1. The number of carbonyl (C=O) groups excluding carboxylic acids is 2. The van der Waals surface area contributed by atoms with Crippen LogP contribution in [0.5, 0.6) is 0 Å². The minimum absolute atomic E-state index is 0.117. The number of ether oxygens (including phenoxy) is 5. The van der Waals surface area contributed by atoms with E-state index in [1.807, 2.05) is 0 Å². The lowest BCUT2D eigenvalue weighted by Gasteiger charge is -2.17. The van der Waals surface area contributed by atoms with Crippen LogP contribution in [0.25, 0.3) is 0 Å². The smallest absolute Gasteiger partial charge is 0.167 e. The van der Waals surface area contributed by atoms with Crippen molar-refractivity contribution < 1.29 is 50.1 Å². The molecule has 0 aromatic heterocycles. The Morgan fingerprint density at radius 1 is 0.595 bits per heavy atom. The first-order valence-corrected chi connectivity index (χ1v) is 15.7. The van der Waals surface area contributed by atoms with Gasteiger partial charge in [-0.1, -0.05) is 24.3 Å². The molecule has 0 bridgehead atoms. The number of carbonyl (C=O) groups is 2. The molecule has 210 valence electrons. The van der Waals surface area contributed by atoms with Crippen LogP contribution in [0.1, 0.15) is 27.6 Å². The van der Waals surface area contributed by atoms with E-state index in [4.69, 9.17) is 23.7 Å². The normalized spacial score (nSPS) is 22.2. The second-order valence-corrected chi connectivity index (χ2v) is 12.9. The first-order chi connectivity index (χ1) is 17.6. The van der Waals surface area contributed by atoms with Crippen LogP contribution in [-0.4, -0.2) is 117 Å². The van der Waals surface area contributed by atoms with Crippen molar-refractivity contribution in [3.8, 4) is 0 Å². The Balaban J connectivity index is 2.12. The highest BCUT2D eigenvalue weighted by atomic mass is 32.2. The van der Waals surface area contributed by atoms with Gasteiger partial charge in [0.05, 0.1) is 95.0 Å². The van der Waals surface area contributed by atoms with Crippen molar-refractivity contribution in [2.45, 2.75) is 6.92 Å². The highest BCUT2D eigenvalue weighted by molar-refractivity contribution is 7.92. The van der Waals surface area contributed by atoms with E-state index in [0.29, 0.717) is 32.0 Å². The average Bonchev–Trinajstić information content (AvgIpc) is 2.84. The third kappa shape index (κ3) is 13.1. The van der Waals surface area contributed by atoms with Gasteiger partial charge < -0.3 is 23.7 Å². The minimum Gasteiger partial charge on any atom is -0.378 e. The van der Waals surface area contributed by atoms with Crippen molar-refractivity contribution in [1.82, 2.24) is 0 Å². The lowest BCUT2D eigenvalue weighted by molar-refractivity contribution is -0.00914. The molecule has 1 saturated heterocycles. The van der Waals surface area contributed by atoms with Gasteiger partial charge in [-0.15, -0.1) is 0 Å². The predicted molar refractivity (Wildman–Crippen MR) is 136 cm³/mol. The zero-order chi connectivity index (χ0) is 27.2. The van der Waals surface area contributed by atoms with E-state index in [9.17, 15) is 26.4 Å². The predicted octanol–water partition coefficient (Wildman–Crippen LogP) is 0.614. The van der Waals surface area contributed by atoms with Crippen LogP contribution in [0.4, 0.5) is 0 Å². The van der Waals surface area contributed by atoms with E-state index < -0.39 is 42.9 Å². The van der Waals surface area contributed by atoms with E-state index in [1.54, 1.807) is 0 Å². The summed E-state index contributed by atoms with van der Waals surface area (Å²) in [7, 11) is -7.65. The Bertz CT molecular complexity index is 1000. The van der Waals surface area contributed by atoms with Crippen molar-refractivity contribution in [2.24, 2.45) is 5.92 Å². The second-order valence-electron chi connectivity index (χ2n) is 8.49. The highest BCUT2D eigenvalue weighted by Gasteiger charge is 2.31. The Kier molecular flexibility index (Phi) is 13.8. The van der Waals surface area contributed by atoms with Gasteiger partial charge in [0, 0.05) is 11.1 Å². The standard InChI is InChI=1S/C24H36O11S2/c1-20(25)21-2-4-22(5-3-21)24(26)23-18-36(27,28)16-14-34-12-10-32-8-6-31-7-9-33-11-13-35-15-17-37(29,30)19-23/h2-5,23H,6-19H2,1H3. The Hall–Kier alpha value is -1.74. The lowest BCUT2D eigenvalue weighted by atomic mass is 9.99. The maximum Gasteiger partial charge on any atom is 0.167 e. The molecule has 0 aliphatic carbocycles. The van der Waals surface area contributed by atoms with Gasteiger partial charge in [0.2, 0.25) is 0 Å². The summed E-state index contributed by atoms with van der Waals surface area (Å²) in [5.41, 5.74) is 0.515. The SMILES string of the molecule is CC(=O)c1ccc(C(=O)C2CS(=O)(=O)CCOCCOCCOCCOCCOCCS(=O)(=O)C2)cc1. The molecule has 0 atom stereocenters. The molecule has 0 amide bonds. The topological polar surface area (TPSA) is 149 Å². The molecular weight excluding hydrogens is 528 g/mol. The number of hydrogen-bond donors (Lipinski definition) is 0. The van der Waals surface area contributed by atoms with E-state index in [2.05, 4.69) is 0 Å². The Morgan fingerprint density at radius 3 is 1.27 bits per heavy atom. The first-order valence-electron chi connectivity index (χ1n) is 12.0. The quantitative estimate of drug-likeness (QED) is 0.476. The summed E-state index contributed by atoms with van der Waals surface area (Å²) in [4.78, 5) is 24.7. The van der Waals surface area contributed by atoms with E-state index in [1.165, 1.54) is 31.2 Å². The van der Waals surface area contributed by atoms with E-state index in [-0.39, 0.29) is 62.5 Å². The highest BCUT2D eigenvalue weighted by Crippen LogP contribution is 2.17. The molecule has 11 nitrogen and oxygen atoms in total. The molecule has 2 rings (SSSR count). The molecule has 37 heavy (non-hydrogen) atoms. The summed E-state index contributed by atoms with van der Waals surface area (Å²) in [5, 5.41) is 0. The number of sulfone groups is 2. The number of ketones is 2. The number of hydrogen-bond acceptors (Lipinski definition) is 11. The van der Waals surface area contributed by atoms with Gasteiger partial charge in [-0.05, 0) is 6.92 Å². The maximum absolute atomic E-state index is 13.2. The third-order valence-electron chi connectivity index (χ3n) is 5.42. The van der Waals surface area contributed by atoms with Gasteiger partial charge in [0.1, 0.15) is 0 Å². The van der Waals surface area contributed by atoms with Gasteiger partial charge >= 0.3 is 0 Å². The molecule has 1 fully saturated rings. The van der Waals surface area contributed by atoms with E-state index in [0.717, 1.165) is 0 Å². The van der Waals surface area contributed by atoms with Gasteiger partial charge in [0.25, 0.3) is 0 Å². The van der Waals surface area contributed by atoms with Gasteiger partial charge in [-0.25, -0.2) is 16.8 Å². The summed E-state index contributed by atoms with van der Waals surface area (Å²) in [6, 6.07) is 5.70. The Labute approximate surface area is 218 Å². The number of rotatable bonds is 3. The van der Waals surface area contributed by atoms with Crippen molar-refractivity contribution in [2.75, 3.05) is 89.1 Å². The van der Waals surface area contributed by atoms with Crippen LogP contribution >= 0.6 is 0 Å². The number of Topliss-reactive ketones (excluding diaryl/α,β-unsaturated/α-hetero) is 2. The minimum atomic E-state index is -3.83. The fourth-order valence-corrected chi connectivity index (χ4v) is 6.43. The summed E-state index contributed by atoms with van der Waals surface area (Å²) in [6.45, 7) is 3.48. The average molecular weight is 565 g/mol. The molecule has 1 aliphatic rings. The summed E-state index contributed by atoms with van der Waals surface area (Å²) in [6.07, 6.45) is 0. The molecule has 0 N–H and O–H groups in total. The first kappa shape index (κ1) is 31.5. The maximum atomic E-state index is 13.2. The summed E-state index contributed by atoms with van der Waals surface area (Å²) < 4.78 is 77.7. The van der Waals surface area contributed by atoms with Crippen molar-refractivity contribution in [3.05, 3.63) is 35.4 Å². The molecule has 1 heterocycles. The molecule has 1 aliphatic heterocycles. The van der Waals surface area contributed by atoms with Crippen LogP contribution in [0.2, 0.25) is 0 Å². The Morgan fingerprint density at radius 2 is 0.919 bits per heavy atom. The molecular formula is C24H36O11S2.